The van der Waals surface area contributed by atoms with E-state index in [1.54, 1.807) is 5.32 Å². The van der Waals surface area contributed by atoms with Crippen LogP contribution in [0.25, 0.3) is 0 Å². The fraction of sp³-hybridized carbons (Fsp3) is 0.500. The Kier molecular flexibility index (Phi) is 3.57. The number of primary amides is 1. The van der Waals surface area contributed by atoms with Crippen LogP contribution in [0.15, 0.2) is 5.29 Å². The van der Waals surface area contributed by atoms with Crippen LogP contribution in [-0.2, 0) is 0 Å². The highest BCUT2D eigenvalue weighted by atomic mass is 16.3. The van der Waals surface area contributed by atoms with Crippen molar-refractivity contribution in [3.8, 4) is 0 Å². The van der Waals surface area contributed by atoms with Crippen molar-refractivity contribution in [3.05, 3.63) is 4.91 Å². The molecular formula is C4H8N4O3. The molecule has 0 radical (unpaired) electrons. The summed E-state index contributed by atoms with van der Waals surface area (Å²) < 4.78 is 0. The number of amides is 4. The average molecular weight is 160 g/mol. The van der Waals surface area contributed by atoms with Crippen molar-refractivity contribution in [3.63, 3.8) is 0 Å². The first-order valence-corrected chi connectivity index (χ1v) is 2.83. The van der Waals surface area contributed by atoms with Crippen LogP contribution < -0.4 is 11.1 Å². The fourth-order valence-electron chi connectivity index (χ4n) is 0.408. The Balaban J connectivity index is 3.99. The lowest BCUT2D eigenvalue weighted by Crippen LogP contribution is -2.42. The van der Waals surface area contributed by atoms with Crippen LogP contribution in [0.3, 0.4) is 0 Å². The lowest BCUT2D eigenvalue weighted by molar-refractivity contribution is 0.200. The summed E-state index contributed by atoms with van der Waals surface area (Å²) in [5.74, 6) is 0. The van der Waals surface area contributed by atoms with Gasteiger partial charge in [0.05, 0.1) is 5.29 Å². The molecule has 0 saturated heterocycles. The number of nitrogens with two attached hydrogens (primary N) is 1. The Hall–Kier alpha value is -1.66. The third-order valence-corrected chi connectivity index (χ3v) is 0.863. The Labute approximate surface area is 62.5 Å². The second kappa shape index (κ2) is 4.20. The number of nitroso groups, excluding NO2 is 1. The Morgan fingerprint density at radius 3 is 2.45 bits per heavy atom. The third-order valence-electron chi connectivity index (χ3n) is 0.863. The topological polar surface area (TPSA) is 105 Å². The molecule has 11 heavy (non-hydrogen) atoms. The third kappa shape index (κ3) is 3.14. The maximum absolute atomic E-state index is 10.6. The van der Waals surface area contributed by atoms with Gasteiger partial charge < -0.3 is 5.73 Å². The Bertz CT molecular complexity index is 180. The van der Waals surface area contributed by atoms with Crippen LogP contribution in [0.1, 0.15) is 6.92 Å². The van der Waals surface area contributed by atoms with E-state index in [2.05, 4.69) is 11.0 Å². The van der Waals surface area contributed by atoms with Crippen LogP contribution >= 0.6 is 0 Å². The molecule has 3 N–H and O–H groups in total. The van der Waals surface area contributed by atoms with Gasteiger partial charge in [0.2, 0.25) is 0 Å². The molecule has 0 bridgehead atoms. The average Bonchev–Trinajstić information content (AvgIpc) is 1.88. The van der Waals surface area contributed by atoms with Gasteiger partial charge in [-0.15, -0.1) is 4.91 Å². The van der Waals surface area contributed by atoms with E-state index in [1.165, 1.54) is 6.92 Å². The first kappa shape index (κ1) is 9.34. The summed E-state index contributed by atoms with van der Waals surface area (Å²) in [5.41, 5.74) is 4.60. The molecule has 7 heteroatoms. The number of rotatable bonds is 2. The summed E-state index contributed by atoms with van der Waals surface area (Å²) in [5, 5.41) is 4.53. The Morgan fingerprint density at radius 1 is 1.64 bits per heavy atom. The quantitative estimate of drug-likeness (QED) is 0.430. The predicted molar refractivity (Wildman–Crippen MR) is 36.3 cm³/mol. The van der Waals surface area contributed by atoms with Gasteiger partial charge in [-0.25, -0.2) is 9.59 Å². The minimum atomic E-state index is -1.02. The fourth-order valence-corrected chi connectivity index (χ4v) is 0.408. The molecule has 0 aromatic heterocycles. The smallest absolute Gasteiger partial charge is 0.348 e. The molecule has 0 rings (SSSR count). The molecule has 0 aliphatic carbocycles. The highest BCUT2D eigenvalue weighted by Crippen LogP contribution is 1.87. The highest BCUT2D eigenvalue weighted by molar-refractivity contribution is 5.92. The summed E-state index contributed by atoms with van der Waals surface area (Å²) >= 11 is 0. The minimum absolute atomic E-state index is 0.0859. The lowest BCUT2D eigenvalue weighted by Gasteiger charge is -2.08. The first-order chi connectivity index (χ1) is 5.11. The molecule has 0 aromatic carbocycles. The van der Waals surface area contributed by atoms with Crippen molar-refractivity contribution in [1.82, 2.24) is 10.3 Å². The second-order valence-electron chi connectivity index (χ2n) is 1.59. The highest BCUT2D eigenvalue weighted by Gasteiger charge is 2.12. The monoisotopic (exact) mass is 160 g/mol. The molecular weight excluding hydrogens is 152 g/mol. The van der Waals surface area contributed by atoms with Gasteiger partial charge in [0, 0.05) is 6.54 Å². The zero-order valence-corrected chi connectivity index (χ0v) is 5.90. The number of carbonyl (C=O) groups is 2. The molecule has 0 fully saturated rings. The summed E-state index contributed by atoms with van der Waals surface area (Å²) in [6.45, 7) is 1.62. The molecule has 62 valence electrons. The van der Waals surface area contributed by atoms with Gasteiger partial charge in [0.25, 0.3) is 0 Å². The van der Waals surface area contributed by atoms with E-state index >= 15 is 0 Å². The van der Waals surface area contributed by atoms with Crippen molar-refractivity contribution >= 4 is 12.1 Å². The van der Waals surface area contributed by atoms with Crippen molar-refractivity contribution < 1.29 is 9.59 Å². The van der Waals surface area contributed by atoms with Gasteiger partial charge in [-0.3, -0.25) is 5.32 Å². The van der Waals surface area contributed by atoms with Crippen molar-refractivity contribution in [2.75, 3.05) is 6.54 Å². The summed E-state index contributed by atoms with van der Waals surface area (Å²) in [6.07, 6.45) is 0. The van der Waals surface area contributed by atoms with E-state index in [-0.39, 0.29) is 6.54 Å². The van der Waals surface area contributed by atoms with Crippen molar-refractivity contribution in [2.24, 2.45) is 11.0 Å². The van der Waals surface area contributed by atoms with Gasteiger partial charge in [0.15, 0.2) is 0 Å². The number of hydrogen-bond donors (Lipinski definition) is 2. The first-order valence-electron chi connectivity index (χ1n) is 2.83. The number of carbonyl (C=O) groups excluding carboxylic acids is 2. The predicted octanol–water partition coefficient (Wildman–Crippen LogP) is -0.222. The van der Waals surface area contributed by atoms with E-state index in [0.29, 0.717) is 5.01 Å². The molecule has 0 spiro atoms. The van der Waals surface area contributed by atoms with E-state index in [0.717, 1.165) is 0 Å². The van der Waals surface area contributed by atoms with Gasteiger partial charge in [0.1, 0.15) is 0 Å². The molecule has 0 aliphatic heterocycles. The molecule has 0 aromatic rings. The van der Waals surface area contributed by atoms with Gasteiger partial charge in [-0.1, -0.05) is 0 Å². The van der Waals surface area contributed by atoms with Crippen molar-refractivity contribution in [2.45, 2.75) is 6.92 Å². The number of urea groups is 2. The minimum Gasteiger partial charge on any atom is -0.351 e. The SMILES string of the molecule is CCN(N=O)C(=O)NC(N)=O. The second-order valence-corrected chi connectivity index (χ2v) is 1.59. The van der Waals surface area contributed by atoms with Gasteiger partial charge in [-0.2, -0.15) is 5.01 Å². The molecule has 0 unspecified atom stereocenters. The zero-order chi connectivity index (χ0) is 8.85. The normalized spacial score (nSPS) is 8.45. The van der Waals surface area contributed by atoms with Crippen LogP contribution in [0, 0.1) is 4.91 Å². The van der Waals surface area contributed by atoms with E-state index in [4.69, 9.17) is 0 Å². The molecule has 0 atom stereocenters. The molecule has 0 aliphatic rings. The van der Waals surface area contributed by atoms with Gasteiger partial charge >= 0.3 is 12.1 Å². The van der Waals surface area contributed by atoms with Crippen LogP contribution in [0.2, 0.25) is 0 Å². The number of nitrogens with one attached hydrogen (secondary N) is 1. The lowest BCUT2D eigenvalue weighted by atomic mass is 10.7. The molecule has 0 heterocycles. The van der Waals surface area contributed by atoms with E-state index in [1.807, 2.05) is 0 Å². The van der Waals surface area contributed by atoms with E-state index < -0.39 is 12.1 Å². The maximum Gasteiger partial charge on any atom is 0.348 e. The molecule has 0 saturated carbocycles. The maximum atomic E-state index is 10.6. The standard InChI is InChI=1S/C4H8N4O3/c1-2-8(7-11)4(10)6-3(5)9/h2H2,1H3,(H3,5,6,9,10). The van der Waals surface area contributed by atoms with E-state index in [9.17, 15) is 14.5 Å². The van der Waals surface area contributed by atoms with Crippen LogP contribution in [-0.4, -0.2) is 23.6 Å². The molecule has 4 amide bonds. The van der Waals surface area contributed by atoms with Crippen LogP contribution in [0.4, 0.5) is 9.59 Å². The summed E-state index contributed by atoms with van der Waals surface area (Å²) in [4.78, 5) is 30.5. The summed E-state index contributed by atoms with van der Waals surface area (Å²) in [6, 6.07) is -1.94. The number of imide groups is 1. The van der Waals surface area contributed by atoms with Crippen molar-refractivity contribution in [1.29, 1.82) is 0 Å². The number of nitrogens with zero attached hydrogens (tertiary/aromatic N) is 2. The summed E-state index contributed by atoms with van der Waals surface area (Å²) in [7, 11) is 0. The molecule has 7 nitrogen and oxygen atoms in total. The zero-order valence-electron chi connectivity index (χ0n) is 5.90. The number of hydrogen-bond acceptors (Lipinski definition) is 4. The van der Waals surface area contributed by atoms with Gasteiger partial charge in [-0.05, 0) is 6.92 Å². The largest absolute Gasteiger partial charge is 0.351 e. The van der Waals surface area contributed by atoms with Crippen LogP contribution in [0.5, 0.6) is 0 Å². The Morgan fingerprint density at radius 2 is 2.18 bits per heavy atom.